The molecule has 0 aliphatic carbocycles. The van der Waals surface area contributed by atoms with Crippen molar-refractivity contribution in [3.05, 3.63) is 71.4 Å². The van der Waals surface area contributed by atoms with Gasteiger partial charge in [-0.15, -0.1) is 0 Å². The first-order valence-electron chi connectivity index (χ1n) is 7.04. The van der Waals surface area contributed by atoms with Crippen LogP contribution in [-0.2, 0) is 0 Å². The number of carbonyl (C=O) groups is 1. The van der Waals surface area contributed by atoms with Crippen molar-refractivity contribution in [3.63, 3.8) is 0 Å². The Kier molecular flexibility index (Phi) is 4.02. The molecule has 3 nitrogen and oxygen atoms in total. The lowest BCUT2D eigenvalue weighted by atomic mass is 10.1. The molecule has 0 aliphatic heterocycles. The van der Waals surface area contributed by atoms with E-state index >= 15 is 0 Å². The number of benzene rings is 2. The van der Waals surface area contributed by atoms with E-state index in [1.807, 2.05) is 62.4 Å². The number of hydrogen-bond donors (Lipinski definition) is 1. The molecule has 1 heterocycles. The van der Waals surface area contributed by atoms with E-state index in [0.29, 0.717) is 10.7 Å². The first-order valence-corrected chi connectivity index (χ1v) is 7.86. The highest BCUT2D eigenvalue weighted by Crippen LogP contribution is 2.32. The summed E-state index contributed by atoms with van der Waals surface area (Å²) in [6, 6.07) is 17.6. The third-order valence-electron chi connectivity index (χ3n) is 3.33. The average Bonchev–Trinajstić information content (AvgIpc) is 2.88. The third-order valence-corrected chi connectivity index (χ3v) is 4.46. The highest BCUT2D eigenvalue weighted by molar-refractivity contribution is 7.19. The van der Waals surface area contributed by atoms with E-state index in [0.717, 1.165) is 21.7 Å². The molecule has 0 unspecified atom stereocenters. The zero-order valence-corrected chi connectivity index (χ0v) is 13.3. The highest BCUT2D eigenvalue weighted by atomic mass is 32.1. The second-order valence-corrected chi connectivity index (χ2v) is 6.12. The molecule has 2 aromatic carbocycles. The molecule has 1 aromatic heterocycles. The quantitative estimate of drug-likeness (QED) is 0.763. The zero-order valence-electron chi connectivity index (χ0n) is 12.5. The number of nitrogens with zero attached hydrogens (tertiary/aromatic N) is 1. The minimum absolute atomic E-state index is 0.128. The van der Waals surface area contributed by atoms with Crippen molar-refractivity contribution < 1.29 is 4.79 Å². The molecule has 0 atom stereocenters. The molecular weight excluding hydrogens is 292 g/mol. The van der Waals surface area contributed by atoms with Crippen LogP contribution in [0.25, 0.3) is 10.4 Å². The van der Waals surface area contributed by atoms with Crippen LogP contribution in [0.2, 0.25) is 0 Å². The van der Waals surface area contributed by atoms with Gasteiger partial charge in [0.25, 0.3) is 5.91 Å². The summed E-state index contributed by atoms with van der Waals surface area (Å²) in [7, 11) is 0. The Morgan fingerprint density at radius 3 is 2.55 bits per heavy atom. The number of aromatic nitrogens is 1. The van der Waals surface area contributed by atoms with E-state index in [4.69, 9.17) is 0 Å². The maximum Gasteiger partial charge on any atom is 0.257 e. The molecule has 0 aliphatic rings. The van der Waals surface area contributed by atoms with Gasteiger partial charge in [-0.3, -0.25) is 10.1 Å². The van der Waals surface area contributed by atoms with Crippen LogP contribution in [0.4, 0.5) is 5.13 Å². The van der Waals surface area contributed by atoms with Crippen LogP contribution in [0.15, 0.2) is 54.6 Å². The first kappa shape index (κ1) is 14.5. The maximum absolute atomic E-state index is 12.3. The minimum Gasteiger partial charge on any atom is -0.298 e. The Morgan fingerprint density at radius 1 is 1.05 bits per heavy atom. The molecule has 1 N–H and O–H groups in total. The first-order chi connectivity index (χ1) is 10.6. The maximum atomic E-state index is 12.3. The van der Waals surface area contributed by atoms with Gasteiger partial charge >= 0.3 is 0 Å². The van der Waals surface area contributed by atoms with Gasteiger partial charge in [-0.2, -0.15) is 0 Å². The smallest absolute Gasteiger partial charge is 0.257 e. The normalized spacial score (nSPS) is 10.5. The van der Waals surface area contributed by atoms with E-state index in [-0.39, 0.29) is 5.91 Å². The molecule has 0 saturated carbocycles. The zero-order chi connectivity index (χ0) is 15.5. The molecule has 0 spiro atoms. The Labute approximate surface area is 133 Å². The number of anilines is 1. The van der Waals surface area contributed by atoms with Crippen molar-refractivity contribution in [2.24, 2.45) is 0 Å². The summed E-state index contributed by atoms with van der Waals surface area (Å²) < 4.78 is 0. The van der Waals surface area contributed by atoms with Crippen LogP contribution >= 0.6 is 11.3 Å². The fourth-order valence-corrected chi connectivity index (χ4v) is 3.23. The Bertz CT molecular complexity index is 809. The number of thiazole rings is 1. The Hall–Kier alpha value is -2.46. The molecule has 0 bridgehead atoms. The number of carbonyl (C=O) groups excluding carboxylic acids is 1. The van der Waals surface area contributed by atoms with Crippen LogP contribution in [0.1, 0.15) is 21.6 Å². The van der Waals surface area contributed by atoms with Crippen molar-refractivity contribution in [1.29, 1.82) is 0 Å². The van der Waals surface area contributed by atoms with Crippen molar-refractivity contribution >= 4 is 22.4 Å². The van der Waals surface area contributed by atoms with Crippen LogP contribution < -0.4 is 5.32 Å². The largest absolute Gasteiger partial charge is 0.298 e. The summed E-state index contributed by atoms with van der Waals surface area (Å²) in [6.07, 6.45) is 0. The molecule has 110 valence electrons. The van der Waals surface area contributed by atoms with E-state index in [1.165, 1.54) is 11.3 Å². The van der Waals surface area contributed by atoms with Crippen molar-refractivity contribution in [2.75, 3.05) is 5.32 Å². The summed E-state index contributed by atoms with van der Waals surface area (Å²) in [5.74, 6) is -0.128. The van der Waals surface area contributed by atoms with E-state index in [1.54, 1.807) is 6.07 Å². The fourth-order valence-electron chi connectivity index (χ4n) is 2.26. The summed E-state index contributed by atoms with van der Waals surface area (Å²) in [5.41, 5.74) is 3.76. The summed E-state index contributed by atoms with van der Waals surface area (Å²) >= 11 is 1.50. The van der Waals surface area contributed by atoms with E-state index in [9.17, 15) is 4.79 Å². The SMILES string of the molecule is Cc1cccc(C(=O)Nc2nc(C)c(-c3ccccc3)s2)c1. The fraction of sp³-hybridized carbons (Fsp3) is 0.111. The molecule has 22 heavy (non-hydrogen) atoms. The number of nitrogens with one attached hydrogen (secondary N) is 1. The Morgan fingerprint density at radius 2 is 1.82 bits per heavy atom. The van der Waals surface area contributed by atoms with Crippen LogP contribution in [0.5, 0.6) is 0 Å². The highest BCUT2D eigenvalue weighted by Gasteiger charge is 2.13. The van der Waals surface area contributed by atoms with E-state index < -0.39 is 0 Å². The monoisotopic (exact) mass is 308 g/mol. The lowest BCUT2D eigenvalue weighted by Crippen LogP contribution is -2.11. The van der Waals surface area contributed by atoms with Gasteiger partial charge in [-0.1, -0.05) is 59.4 Å². The summed E-state index contributed by atoms with van der Waals surface area (Å²) in [5, 5.41) is 3.51. The minimum atomic E-state index is -0.128. The molecule has 3 rings (SSSR count). The molecule has 4 heteroatoms. The number of rotatable bonds is 3. The number of aryl methyl sites for hydroxylation is 2. The standard InChI is InChI=1S/C18H16N2OS/c1-12-7-6-10-15(11-12)17(21)20-18-19-13(2)16(22-18)14-8-4-3-5-9-14/h3-11H,1-2H3,(H,19,20,21). The van der Waals surface area contributed by atoms with Gasteiger partial charge in [0.15, 0.2) is 5.13 Å². The van der Waals surface area contributed by atoms with E-state index in [2.05, 4.69) is 10.3 Å². The van der Waals surface area contributed by atoms with Crippen LogP contribution in [-0.4, -0.2) is 10.9 Å². The van der Waals surface area contributed by atoms with Crippen molar-refractivity contribution in [1.82, 2.24) is 4.98 Å². The summed E-state index contributed by atoms with van der Waals surface area (Å²) in [6.45, 7) is 3.93. The van der Waals surface area contributed by atoms with Gasteiger partial charge in [0.1, 0.15) is 0 Å². The number of hydrogen-bond acceptors (Lipinski definition) is 3. The summed E-state index contributed by atoms with van der Waals surface area (Å²) in [4.78, 5) is 17.8. The third kappa shape index (κ3) is 3.07. The topological polar surface area (TPSA) is 42.0 Å². The predicted molar refractivity (Wildman–Crippen MR) is 91.4 cm³/mol. The molecule has 3 aromatic rings. The van der Waals surface area contributed by atoms with Gasteiger partial charge in [0.2, 0.25) is 0 Å². The van der Waals surface area contributed by atoms with Gasteiger partial charge in [0, 0.05) is 5.56 Å². The predicted octanol–water partition coefficient (Wildman–Crippen LogP) is 4.68. The van der Waals surface area contributed by atoms with Crippen molar-refractivity contribution in [3.8, 4) is 10.4 Å². The molecule has 0 radical (unpaired) electrons. The molecular formula is C18H16N2OS. The van der Waals surface area contributed by atoms with Crippen LogP contribution in [0, 0.1) is 13.8 Å². The second-order valence-electron chi connectivity index (χ2n) is 5.12. The molecule has 0 fully saturated rings. The van der Waals surface area contributed by atoms with Gasteiger partial charge in [-0.05, 0) is 31.5 Å². The van der Waals surface area contributed by atoms with Gasteiger partial charge < -0.3 is 0 Å². The molecule has 1 amide bonds. The van der Waals surface area contributed by atoms with Gasteiger partial charge in [0.05, 0.1) is 10.6 Å². The van der Waals surface area contributed by atoms with Crippen molar-refractivity contribution in [2.45, 2.75) is 13.8 Å². The lowest BCUT2D eigenvalue weighted by Gasteiger charge is -2.02. The lowest BCUT2D eigenvalue weighted by molar-refractivity contribution is 0.102. The number of amides is 1. The average molecular weight is 308 g/mol. The molecule has 0 saturated heterocycles. The van der Waals surface area contributed by atoms with Gasteiger partial charge in [-0.25, -0.2) is 4.98 Å². The second kappa shape index (κ2) is 6.12. The Balaban J connectivity index is 1.84. The van der Waals surface area contributed by atoms with Crippen LogP contribution in [0.3, 0.4) is 0 Å².